The number of benzene rings is 2. The van der Waals surface area contributed by atoms with Crippen LogP contribution in [0.4, 0.5) is 17.5 Å². The average Bonchev–Trinajstić information content (AvgIpc) is 2.61. The molecule has 0 fully saturated rings. The lowest BCUT2D eigenvalue weighted by Crippen LogP contribution is -2.14. The summed E-state index contributed by atoms with van der Waals surface area (Å²) in [5.74, 6) is 1.12. The number of halogens is 1. The molecule has 3 rings (SSSR count). The molecule has 6 heteroatoms. The van der Waals surface area contributed by atoms with Crippen LogP contribution in [0.5, 0.6) is 0 Å². The van der Waals surface area contributed by atoms with E-state index in [1.165, 1.54) is 5.56 Å². The number of anilines is 3. The molecular weight excluding hydrogens is 346 g/mol. The molecule has 5 nitrogen and oxygen atoms in total. The Bertz CT molecular complexity index is 872. The van der Waals surface area contributed by atoms with Crippen LogP contribution in [0, 0.1) is 0 Å². The first-order chi connectivity index (χ1) is 12.4. The molecule has 0 atom stereocenters. The fraction of sp³-hybridized carbons (Fsp3) is 0.250. The number of rotatable bonds is 5. The van der Waals surface area contributed by atoms with E-state index in [4.69, 9.17) is 11.6 Å². The Morgan fingerprint density at radius 1 is 1.00 bits per heavy atom. The molecule has 1 aromatic heterocycles. The number of para-hydroxylation sites is 1. The molecule has 134 valence electrons. The van der Waals surface area contributed by atoms with E-state index < -0.39 is 0 Å². The molecule has 0 radical (unpaired) electrons. The highest BCUT2D eigenvalue weighted by Gasteiger charge is 2.17. The summed E-state index contributed by atoms with van der Waals surface area (Å²) >= 11 is 5.91. The van der Waals surface area contributed by atoms with Crippen molar-refractivity contribution in [2.45, 2.75) is 32.7 Å². The van der Waals surface area contributed by atoms with E-state index in [2.05, 4.69) is 52.7 Å². The highest BCUT2D eigenvalue weighted by Crippen LogP contribution is 2.30. The maximum absolute atomic E-state index is 5.91. The van der Waals surface area contributed by atoms with Crippen molar-refractivity contribution in [2.75, 3.05) is 10.6 Å². The first-order valence-electron chi connectivity index (χ1n) is 8.46. The van der Waals surface area contributed by atoms with Crippen molar-refractivity contribution in [3.05, 3.63) is 70.9 Å². The third-order valence-electron chi connectivity index (χ3n) is 3.92. The fourth-order valence-corrected chi connectivity index (χ4v) is 2.73. The summed E-state index contributed by atoms with van der Waals surface area (Å²) in [6, 6.07) is 15.9. The molecule has 0 unspecified atom stereocenters. The maximum atomic E-state index is 5.91. The highest BCUT2D eigenvalue weighted by molar-refractivity contribution is 6.30. The van der Waals surface area contributed by atoms with E-state index in [1.807, 2.05) is 42.5 Å². The van der Waals surface area contributed by atoms with Crippen molar-refractivity contribution in [3.63, 3.8) is 0 Å². The third-order valence-corrected chi connectivity index (χ3v) is 4.17. The van der Waals surface area contributed by atoms with E-state index >= 15 is 0 Å². The normalized spacial score (nSPS) is 11.2. The van der Waals surface area contributed by atoms with Crippen LogP contribution >= 0.6 is 11.6 Å². The van der Waals surface area contributed by atoms with Gasteiger partial charge in [-0.2, -0.15) is 10.1 Å². The molecule has 0 bridgehead atoms. The van der Waals surface area contributed by atoms with Gasteiger partial charge in [0.2, 0.25) is 5.95 Å². The Morgan fingerprint density at radius 2 is 1.73 bits per heavy atom. The van der Waals surface area contributed by atoms with Gasteiger partial charge in [-0.3, -0.25) is 0 Å². The van der Waals surface area contributed by atoms with Crippen LogP contribution in [0.1, 0.15) is 31.9 Å². The minimum absolute atomic E-state index is 0.0275. The van der Waals surface area contributed by atoms with Gasteiger partial charge in [0.05, 0.1) is 6.20 Å². The van der Waals surface area contributed by atoms with Gasteiger partial charge in [-0.1, -0.05) is 62.7 Å². The lowest BCUT2D eigenvalue weighted by molar-refractivity contribution is 0.592. The van der Waals surface area contributed by atoms with Gasteiger partial charge in [0, 0.05) is 17.3 Å². The van der Waals surface area contributed by atoms with Gasteiger partial charge in [-0.05, 0) is 34.7 Å². The van der Waals surface area contributed by atoms with Crippen LogP contribution in [0.2, 0.25) is 5.02 Å². The minimum atomic E-state index is 0.0275. The monoisotopic (exact) mass is 367 g/mol. The summed E-state index contributed by atoms with van der Waals surface area (Å²) in [7, 11) is 0. The molecule has 0 saturated carbocycles. The van der Waals surface area contributed by atoms with Gasteiger partial charge < -0.3 is 10.6 Å². The molecule has 1 heterocycles. The maximum Gasteiger partial charge on any atom is 0.244 e. The Labute approximate surface area is 158 Å². The van der Waals surface area contributed by atoms with Gasteiger partial charge in [0.1, 0.15) is 0 Å². The Balaban J connectivity index is 1.73. The summed E-state index contributed by atoms with van der Waals surface area (Å²) < 4.78 is 0. The van der Waals surface area contributed by atoms with Gasteiger partial charge in [0.25, 0.3) is 0 Å². The summed E-state index contributed by atoms with van der Waals surface area (Å²) in [6.07, 6.45) is 1.62. The van der Waals surface area contributed by atoms with Crippen molar-refractivity contribution in [2.24, 2.45) is 0 Å². The van der Waals surface area contributed by atoms with Gasteiger partial charge in [-0.25, -0.2) is 0 Å². The summed E-state index contributed by atoms with van der Waals surface area (Å²) in [6.45, 7) is 7.15. The second kappa shape index (κ2) is 7.70. The molecule has 0 aliphatic heterocycles. The zero-order chi connectivity index (χ0) is 18.6. The summed E-state index contributed by atoms with van der Waals surface area (Å²) in [5.41, 5.74) is 3.35. The van der Waals surface area contributed by atoms with Crippen LogP contribution < -0.4 is 10.6 Å². The number of nitrogens with zero attached hydrogens (tertiary/aromatic N) is 3. The van der Waals surface area contributed by atoms with Gasteiger partial charge in [-0.15, -0.1) is 5.10 Å². The second-order valence-corrected chi connectivity index (χ2v) is 7.50. The SMILES string of the molecule is CC(C)(C)c1ccccc1Nc1cnnc(NCc2ccc(Cl)cc2)n1. The molecule has 0 spiro atoms. The van der Waals surface area contributed by atoms with Crippen LogP contribution in [0.3, 0.4) is 0 Å². The largest absolute Gasteiger partial charge is 0.349 e. The van der Waals surface area contributed by atoms with E-state index in [0.29, 0.717) is 18.3 Å². The van der Waals surface area contributed by atoms with Crippen LogP contribution in [0.25, 0.3) is 0 Å². The fourth-order valence-electron chi connectivity index (χ4n) is 2.61. The Morgan fingerprint density at radius 3 is 2.46 bits per heavy atom. The van der Waals surface area contributed by atoms with Gasteiger partial charge >= 0.3 is 0 Å². The molecule has 2 aromatic carbocycles. The first kappa shape index (κ1) is 18.1. The Hall–Kier alpha value is -2.66. The molecule has 2 N–H and O–H groups in total. The van der Waals surface area contributed by atoms with E-state index in [-0.39, 0.29) is 5.41 Å². The number of hydrogen-bond acceptors (Lipinski definition) is 5. The van der Waals surface area contributed by atoms with Crippen molar-refractivity contribution >= 4 is 29.1 Å². The minimum Gasteiger partial charge on any atom is -0.349 e. The molecule has 3 aromatic rings. The quantitative estimate of drug-likeness (QED) is 0.650. The summed E-state index contributed by atoms with van der Waals surface area (Å²) in [5, 5.41) is 15.3. The second-order valence-electron chi connectivity index (χ2n) is 7.07. The predicted molar refractivity (Wildman–Crippen MR) is 107 cm³/mol. The third kappa shape index (κ3) is 4.70. The molecule has 26 heavy (non-hydrogen) atoms. The molecule has 0 aliphatic carbocycles. The molecule has 0 aliphatic rings. The van der Waals surface area contributed by atoms with E-state index in [0.717, 1.165) is 16.3 Å². The number of nitrogens with one attached hydrogen (secondary N) is 2. The summed E-state index contributed by atoms with van der Waals surface area (Å²) in [4.78, 5) is 4.50. The van der Waals surface area contributed by atoms with Crippen LogP contribution in [0.15, 0.2) is 54.7 Å². The first-order valence-corrected chi connectivity index (χ1v) is 8.84. The van der Waals surface area contributed by atoms with Crippen molar-refractivity contribution < 1.29 is 0 Å². The smallest absolute Gasteiger partial charge is 0.244 e. The van der Waals surface area contributed by atoms with Crippen LogP contribution in [-0.2, 0) is 12.0 Å². The highest BCUT2D eigenvalue weighted by atomic mass is 35.5. The van der Waals surface area contributed by atoms with Crippen LogP contribution in [-0.4, -0.2) is 15.2 Å². The van der Waals surface area contributed by atoms with E-state index in [9.17, 15) is 0 Å². The average molecular weight is 368 g/mol. The standard InChI is InChI=1S/C20H22ClN5/c1-20(2,3)16-6-4-5-7-17(16)24-18-13-23-26-19(25-18)22-12-14-8-10-15(21)11-9-14/h4-11,13H,12H2,1-3H3,(H2,22,24,25,26). The lowest BCUT2D eigenvalue weighted by Gasteiger charge is -2.23. The molecular formula is C20H22ClN5. The molecule has 0 saturated heterocycles. The van der Waals surface area contributed by atoms with E-state index in [1.54, 1.807) is 6.20 Å². The van der Waals surface area contributed by atoms with Crippen molar-refractivity contribution in [1.29, 1.82) is 0 Å². The molecule has 0 amide bonds. The zero-order valence-corrected chi connectivity index (χ0v) is 15.9. The lowest BCUT2D eigenvalue weighted by atomic mass is 9.86. The number of hydrogen-bond donors (Lipinski definition) is 2. The van der Waals surface area contributed by atoms with Gasteiger partial charge in [0.15, 0.2) is 5.82 Å². The van der Waals surface area contributed by atoms with Crippen molar-refractivity contribution in [1.82, 2.24) is 15.2 Å². The zero-order valence-electron chi connectivity index (χ0n) is 15.1. The number of aromatic nitrogens is 3. The topological polar surface area (TPSA) is 62.7 Å². The predicted octanol–water partition coefficient (Wildman–Crippen LogP) is 5.18. The Kier molecular flexibility index (Phi) is 5.38. The van der Waals surface area contributed by atoms with Crippen molar-refractivity contribution in [3.8, 4) is 0 Å².